The molecule has 0 spiro atoms. The summed E-state index contributed by atoms with van der Waals surface area (Å²) in [5, 5.41) is 9.48. The number of hydrogen-bond donors (Lipinski definition) is 2. The summed E-state index contributed by atoms with van der Waals surface area (Å²) in [6, 6.07) is 6.28. The zero-order valence-corrected chi connectivity index (χ0v) is 20.8. The molecule has 1 saturated carbocycles. The molecule has 5 rings (SSSR count). The molecule has 2 N–H and O–H groups in total. The molecule has 1 aromatic carbocycles. The van der Waals surface area contributed by atoms with Gasteiger partial charge in [0.05, 0.1) is 23.2 Å². The third-order valence-electron chi connectivity index (χ3n) is 7.38. The number of carbonyl (C=O) groups excluding carboxylic acids is 2. The topological polar surface area (TPSA) is 100 Å². The van der Waals surface area contributed by atoms with Crippen molar-refractivity contribution in [2.45, 2.75) is 50.7 Å². The Labute approximate surface area is 217 Å². The standard InChI is InChI=1S/C27H28F3N5O3/c1-15(25-20(29)6-3-10-31-25)32-26(36)19-14-35(17-4-2-5-17)11-9-22(19)33-27(37)23-13-24(38-34-23)18-8-7-16(28)12-21(18)30/h3,6-8,10,12-13,15,17,19,22H,2,4-5,9,11,14H2,1H3,(H,32,36)(H,33,37)/t15?,19-,22-/m0/s1. The van der Waals surface area contributed by atoms with Gasteiger partial charge in [0, 0.05) is 43.5 Å². The van der Waals surface area contributed by atoms with Gasteiger partial charge in [-0.3, -0.25) is 19.5 Å². The second-order valence-corrected chi connectivity index (χ2v) is 9.86. The fraction of sp³-hybridized carbons (Fsp3) is 0.407. The Morgan fingerprint density at radius 3 is 2.63 bits per heavy atom. The summed E-state index contributed by atoms with van der Waals surface area (Å²) < 4.78 is 46.8. The lowest BCUT2D eigenvalue weighted by Gasteiger charge is -2.45. The van der Waals surface area contributed by atoms with Crippen molar-refractivity contribution in [2.24, 2.45) is 5.92 Å². The Kier molecular flexibility index (Phi) is 7.46. The lowest BCUT2D eigenvalue weighted by atomic mass is 9.85. The van der Waals surface area contributed by atoms with E-state index in [0.29, 0.717) is 31.6 Å². The Morgan fingerprint density at radius 2 is 1.92 bits per heavy atom. The van der Waals surface area contributed by atoms with E-state index in [-0.39, 0.29) is 28.6 Å². The number of piperidine rings is 1. The Morgan fingerprint density at radius 1 is 1.11 bits per heavy atom. The van der Waals surface area contributed by atoms with Gasteiger partial charge in [-0.2, -0.15) is 0 Å². The molecule has 8 nitrogen and oxygen atoms in total. The minimum absolute atomic E-state index is 0.0204. The minimum atomic E-state index is -0.841. The molecule has 200 valence electrons. The van der Waals surface area contributed by atoms with Gasteiger partial charge in [-0.1, -0.05) is 11.6 Å². The number of amides is 2. The highest BCUT2D eigenvalue weighted by Crippen LogP contribution is 2.30. The molecule has 0 bridgehead atoms. The second-order valence-electron chi connectivity index (χ2n) is 9.86. The van der Waals surface area contributed by atoms with Crippen LogP contribution < -0.4 is 10.6 Å². The molecule has 3 aromatic rings. The number of nitrogens with one attached hydrogen (secondary N) is 2. The number of aromatic nitrogens is 2. The highest BCUT2D eigenvalue weighted by molar-refractivity contribution is 5.94. The lowest BCUT2D eigenvalue weighted by Crippen LogP contribution is -2.58. The van der Waals surface area contributed by atoms with Gasteiger partial charge in [-0.25, -0.2) is 13.2 Å². The summed E-state index contributed by atoms with van der Waals surface area (Å²) in [4.78, 5) is 32.8. The Balaban J connectivity index is 1.31. The van der Waals surface area contributed by atoms with Crippen LogP contribution in [0.3, 0.4) is 0 Å². The molecule has 2 aliphatic rings. The van der Waals surface area contributed by atoms with Crippen LogP contribution in [0.4, 0.5) is 13.2 Å². The first-order valence-corrected chi connectivity index (χ1v) is 12.7. The van der Waals surface area contributed by atoms with E-state index in [2.05, 4.69) is 25.7 Å². The summed E-state index contributed by atoms with van der Waals surface area (Å²) in [5.74, 6) is -3.59. The molecule has 1 aliphatic carbocycles. The van der Waals surface area contributed by atoms with Crippen LogP contribution in [-0.2, 0) is 4.79 Å². The monoisotopic (exact) mass is 527 g/mol. The van der Waals surface area contributed by atoms with Crippen molar-refractivity contribution in [2.75, 3.05) is 13.1 Å². The van der Waals surface area contributed by atoms with E-state index in [1.54, 1.807) is 6.92 Å². The van der Waals surface area contributed by atoms with E-state index < -0.39 is 41.4 Å². The van der Waals surface area contributed by atoms with Crippen molar-refractivity contribution in [3.63, 3.8) is 0 Å². The van der Waals surface area contributed by atoms with Crippen LogP contribution in [0.5, 0.6) is 0 Å². The fourth-order valence-corrected chi connectivity index (χ4v) is 5.05. The maximum absolute atomic E-state index is 14.2. The highest BCUT2D eigenvalue weighted by atomic mass is 19.1. The van der Waals surface area contributed by atoms with Crippen molar-refractivity contribution < 1.29 is 27.3 Å². The van der Waals surface area contributed by atoms with Gasteiger partial charge in [0.25, 0.3) is 5.91 Å². The average Bonchev–Trinajstić information content (AvgIpc) is 3.34. The van der Waals surface area contributed by atoms with E-state index in [0.717, 1.165) is 25.3 Å². The summed E-state index contributed by atoms with van der Waals surface area (Å²) in [6.45, 7) is 2.83. The number of nitrogens with zero attached hydrogens (tertiary/aromatic N) is 3. The predicted molar refractivity (Wildman–Crippen MR) is 131 cm³/mol. The first-order valence-electron chi connectivity index (χ1n) is 12.7. The van der Waals surface area contributed by atoms with Gasteiger partial charge in [-0.05, 0) is 50.5 Å². The average molecular weight is 528 g/mol. The molecule has 2 fully saturated rings. The summed E-state index contributed by atoms with van der Waals surface area (Å²) in [7, 11) is 0. The van der Waals surface area contributed by atoms with Gasteiger partial charge < -0.3 is 15.2 Å². The van der Waals surface area contributed by atoms with Crippen LogP contribution in [0.25, 0.3) is 11.3 Å². The molecule has 11 heteroatoms. The molecule has 1 saturated heterocycles. The second kappa shape index (κ2) is 10.9. The number of benzene rings is 1. The fourth-order valence-electron chi connectivity index (χ4n) is 5.05. The molecule has 1 unspecified atom stereocenters. The zero-order chi connectivity index (χ0) is 26.8. The van der Waals surface area contributed by atoms with Gasteiger partial charge in [0.2, 0.25) is 5.91 Å². The normalized spacial score (nSPS) is 20.9. The maximum Gasteiger partial charge on any atom is 0.273 e. The number of rotatable bonds is 7. The summed E-state index contributed by atoms with van der Waals surface area (Å²) in [6.07, 6.45) is 5.29. The van der Waals surface area contributed by atoms with Crippen LogP contribution in [0.1, 0.15) is 54.8 Å². The largest absolute Gasteiger partial charge is 0.355 e. The molecule has 2 amide bonds. The lowest BCUT2D eigenvalue weighted by molar-refractivity contribution is -0.129. The third-order valence-corrected chi connectivity index (χ3v) is 7.38. The van der Waals surface area contributed by atoms with Crippen molar-refractivity contribution in [3.8, 4) is 11.3 Å². The first-order chi connectivity index (χ1) is 18.3. The molecule has 1 aliphatic heterocycles. The quantitative estimate of drug-likeness (QED) is 0.482. The molecule has 0 radical (unpaired) electrons. The Hall–Kier alpha value is -3.73. The third kappa shape index (κ3) is 5.42. The smallest absolute Gasteiger partial charge is 0.273 e. The van der Waals surface area contributed by atoms with E-state index in [9.17, 15) is 22.8 Å². The predicted octanol–water partition coefficient (Wildman–Crippen LogP) is 4.00. The van der Waals surface area contributed by atoms with E-state index >= 15 is 0 Å². The van der Waals surface area contributed by atoms with E-state index in [1.807, 2.05) is 0 Å². The van der Waals surface area contributed by atoms with Gasteiger partial charge in [0.15, 0.2) is 11.5 Å². The molecule has 3 heterocycles. The number of likely N-dealkylation sites (tertiary alicyclic amines) is 1. The van der Waals surface area contributed by atoms with Gasteiger partial charge >= 0.3 is 0 Å². The first kappa shape index (κ1) is 25.9. The summed E-state index contributed by atoms with van der Waals surface area (Å²) >= 11 is 0. The van der Waals surface area contributed by atoms with Crippen LogP contribution in [0.15, 0.2) is 47.1 Å². The van der Waals surface area contributed by atoms with E-state index in [4.69, 9.17) is 4.52 Å². The maximum atomic E-state index is 14.2. The highest BCUT2D eigenvalue weighted by Gasteiger charge is 2.39. The van der Waals surface area contributed by atoms with Crippen molar-refractivity contribution in [1.29, 1.82) is 0 Å². The van der Waals surface area contributed by atoms with Crippen LogP contribution >= 0.6 is 0 Å². The molecule has 3 atom stereocenters. The van der Waals surface area contributed by atoms with Crippen molar-refractivity contribution in [3.05, 3.63) is 71.4 Å². The van der Waals surface area contributed by atoms with Crippen LogP contribution in [0, 0.1) is 23.4 Å². The number of pyridine rings is 1. The Bertz CT molecular complexity index is 1330. The number of hydrogen-bond acceptors (Lipinski definition) is 6. The minimum Gasteiger partial charge on any atom is -0.355 e. The molecular formula is C27H28F3N5O3. The SMILES string of the molecule is CC(NC(=O)[C@H]1CN(C2CCC2)CC[C@@H]1NC(=O)c1cc(-c2ccc(F)cc2F)on1)c1ncccc1F. The van der Waals surface area contributed by atoms with E-state index in [1.165, 1.54) is 30.5 Å². The zero-order valence-electron chi connectivity index (χ0n) is 20.8. The van der Waals surface area contributed by atoms with Crippen molar-refractivity contribution in [1.82, 2.24) is 25.7 Å². The molecular weight excluding hydrogens is 499 g/mol. The van der Waals surface area contributed by atoms with Gasteiger partial charge in [-0.15, -0.1) is 0 Å². The van der Waals surface area contributed by atoms with Crippen LogP contribution in [0.2, 0.25) is 0 Å². The molecule has 38 heavy (non-hydrogen) atoms. The van der Waals surface area contributed by atoms with Crippen molar-refractivity contribution >= 4 is 11.8 Å². The van der Waals surface area contributed by atoms with Crippen LogP contribution in [-0.4, -0.2) is 52.0 Å². The number of carbonyl (C=O) groups is 2. The molecule has 2 aromatic heterocycles. The number of halogens is 3. The summed E-state index contributed by atoms with van der Waals surface area (Å²) in [5.41, 5.74) is 0.0178. The van der Waals surface area contributed by atoms with Gasteiger partial charge in [0.1, 0.15) is 17.5 Å².